The molecule has 0 aromatic heterocycles. The molecule has 0 radical (unpaired) electrons. The number of nitrogens with two attached hydrogens (primary N) is 2. The Hall–Kier alpha value is -4.00. The van der Waals surface area contributed by atoms with Crippen molar-refractivity contribution in [3.63, 3.8) is 0 Å². The van der Waals surface area contributed by atoms with Crippen LogP contribution in [0, 0.1) is 5.92 Å². The molecule has 12 heteroatoms. The topological polar surface area (TPSA) is 175 Å². The fraction of sp³-hybridized carbons (Fsp3) is 0.543. The van der Waals surface area contributed by atoms with E-state index in [1.165, 1.54) is 0 Å². The van der Waals surface area contributed by atoms with E-state index in [1.807, 2.05) is 74.5 Å². The summed E-state index contributed by atoms with van der Waals surface area (Å²) in [7, 11) is 0. The van der Waals surface area contributed by atoms with Crippen molar-refractivity contribution < 1.29 is 19.2 Å². The molecule has 0 bridgehead atoms. The summed E-state index contributed by atoms with van der Waals surface area (Å²) < 4.78 is 0. The van der Waals surface area contributed by atoms with Crippen LogP contribution >= 0.6 is 0 Å². The summed E-state index contributed by atoms with van der Waals surface area (Å²) in [4.78, 5) is 58.2. The van der Waals surface area contributed by atoms with Gasteiger partial charge in [-0.05, 0) is 49.3 Å². The minimum absolute atomic E-state index is 0.0682. The number of piperazine rings is 1. The first-order valence-electron chi connectivity index (χ1n) is 16.9. The van der Waals surface area contributed by atoms with Crippen LogP contribution in [0.4, 0.5) is 4.79 Å². The molecule has 12 nitrogen and oxygen atoms in total. The standard InChI is InChI=1S/C35H54N8O4/c1-26(2)23-30(32(44)39-29(15-9-10-16-36)34(46)42-21-18-38-19-22-42)40-33(45)31(24-27-11-5-3-6-12-27)41-35(47)43(20-17-37)25-28-13-7-4-8-14-28/h3-8,11-14,26,29-31,38H,9-10,15-25,36-37H2,1-2H3,(H,39,44)(H,40,45)(H,41,47)/t29-,30-,31-/m1/s1. The number of urea groups is 1. The minimum atomic E-state index is -0.966. The summed E-state index contributed by atoms with van der Waals surface area (Å²) >= 11 is 0. The summed E-state index contributed by atoms with van der Waals surface area (Å²) in [6.07, 6.45) is 2.46. The van der Waals surface area contributed by atoms with E-state index in [-0.39, 0.29) is 24.8 Å². The highest BCUT2D eigenvalue weighted by atomic mass is 16.2. The van der Waals surface area contributed by atoms with Gasteiger partial charge >= 0.3 is 6.03 Å². The van der Waals surface area contributed by atoms with Crippen molar-refractivity contribution in [3.05, 3.63) is 71.8 Å². The maximum absolute atomic E-state index is 14.0. The van der Waals surface area contributed by atoms with Gasteiger partial charge in [-0.25, -0.2) is 4.79 Å². The second-order valence-electron chi connectivity index (χ2n) is 12.5. The predicted octanol–water partition coefficient (Wildman–Crippen LogP) is 1.34. The number of amides is 5. The van der Waals surface area contributed by atoms with E-state index >= 15 is 0 Å². The molecule has 1 saturated heterocycles. The average Bonchev–Trinajstić information content (AvgIpc) is 3.07. The Kier molecular flexibility index (Phi) is 16.2. The van der Waals surface area contributed by atoms with Gasteiger partial charge in [0.1, 0.15) is 18.1 Å². The lowest BCUT2D eigenvalue weighted by molar-refractivity contribution is -0.138. The van der Waals surface area contributed by atoms with Crippen LogP contribution in [0.2, 0.25) is 0 Å². The van der Waals surface area contributed by atoms with E-state index in [9.17, 15) is 19.2 Å². The molecule has 0 aliphatic carbocycles. The SMILES string of the molecule is CC(C)C[C@@H](NC(=O)[C@@H](Cc1ccccc1)NC(=O)N(CCN)Cc1ccccc1)C(=O)N[C@H](CCCCN)C(=O)N1CCNCC1. The van der Waals surface area contributed by atoms with Crippen LogP contribution in [0.1, 0.15) is 50.7 Å². The lowest BCUT2D eigenvalue weighted by Crippen LogP contribution is -2.59. The highest BCUT2D eigenvalue weighted by molar-refractivity contribution is 5.94. The fourth-order valence-corrected chi connectivity index (χ4v) is 5.61. The van der Waals surface area contributed by atoms with Gasteiger partial charge < -0.3 is 42.5 Å². The number of carbonyl (C=O) groups excluding carboxylic acids is 4. The van der Waals surface area contributed by atoms with E-state index in [0.717, 1.165) is 17.5 Å². The molecule has 0 spiro atoms. The Labute approximate surface area is 279 Å². The van der Waals surface area contributed by atoms with Crippen LogP contribution < -0.4 is 32.7 Å². The number of carbonyl (C=O) groups is 4. The van der Waals surface area contributed by atoms with Gasteiger partial charge in [0.15, 0.2) is 0 Å². The van der Waals surface area contributed by atoms with Crippen molar-refractivity contribution >= 4 is 23.8 Å². The molecule has 1 aliphatic heterocycles. The maximum atomic E-state index is 14.0. The van der Waals surface area contributed by atoms with Crippen LogP contribution in [0.3, 0.4) is 0 Å². The summed E-state index contributed by atoms with van der Waals surface area (Å²) in [6, 6.07) is 15.9. The third-order valence-electron chi connectivity index (χ3n) is 8.13. The summed E-state index contributed by atoms with van der Waals surface area (Å²) in [5, 5.41) is 12.0. The number of nitrogens with one attached hydrogen (secondary N) is 4. The van der Waals surface area contributed by atoms with Gasteiger partial charge in [-0.1, -0.05) is 74.5 Å². The largest absolute Gasteiger partial charge is 0.343 e. The molecular weight excluding hydrogens is 596 g/mol. The summed E-state index contributed by atoms with van der Waals surface area (Å²) in [5.74, 6) is -0.965. The molecule has 2 aromatic carbocycles. The smallest absolute Gasteiger partial charge is 0.318 e. The average molecular weight is 651 g/mol. The number of unbranched alkanes of at least 4 members (excludes halogenated alkanes) is 1. The van der Waals surface area contributed by atoms with Gasteiger partial charge in [-0.3, -0.25) is 14.4 Å². The number of benzene rings is 2. The van der Waals surface area contributed by atoms with Crippen LogP contribution in [0.15, 0.2) is 60.7 Å². The highest BCUT2D eigenvalue weighted by Gasteiger charge is 2.32. The molecule has 5 amide bonds. The zero-order valence-corrected chi connectivity index (χ0v) is 28.0. The van der Waals surface area contributed by atoms with Crippen molar-refractivity contribution in [2.45, 2.75) is 70.6 Å². The molecular formula is C35H54N8O4. The molecule has 1 fully saturated rings. The van der Waals surface area contributed by atoms with Crippen LogP contribution in [-0.2, 0) is 27.3 Å². The third-order valence-corrected chi connectivity index (χ3v) is 8.13. The fourth-order valence-electron chi connectivity index (χ4n) is 5.61. The van der Waals surface area contributed by atoms with Crippen molar-refractivity contribution in [2.75, 3.05) is 45.8 Å². The molecule has 3 rings (SSSR count). The number of rotatable bonds is 18. The molecule has 1 heterocycles. The van der Waals surface area contributed by atoms with E-state index in [4.69, 9.17) is 11.5 Å². The monoisotopic (exact) mass is 650 g/mol. The molecule has 258 valence electrons. The first-order valence-corrected chi connectivity index (χ1v) is 16.9. The Morgan fingerprint density at radius 3 is 1.98 bits per heavy atom. The van der Waals surface area contributed by atoms with E-state index < -0.39 is 36.0 Å². The normalized spacial score (nSPS) is 15.0. The van der Waals surface area contributed by atoms with Crippen molar-refractivity contribution in [3.8, 4) is 0 Å². The second-order valence-corrected chi connectivity index (χ2v) is 12.5. The lowest BCUT2D eigenvalue weighted by Gasteiger charge is -2.32. The summed E-state index contributed by atoms with van der Waals surface area (Å²) in [5.41, 5.74) is 13.3. The van der Waals surface area contributed by atoms with Crippen LogP contribution in [0.25, 0.3) is 0 Å². The Morgan fingerprint density at radius 2 is 1.38 bits per heavy atom. The van der Waals surface area contributed by atoms with Gasteiger partial charge in [0.2, 0.25) is 17.7 Å². The molecule has 47 heavy (non-hydrogen) atoms. The predicted molar refractivity (Wildman–Crippen MR) is 184 cm³/mol. The van der Waals surface area contributed by atoms with Gasteiger partial charge in [0, 0.05) is 52.2 Å². The zero-order chi connectivity index (χ0) is 34.0. The first-order chi connectivity index (χ1) is 22.7. The van der Waals surface area contributed by atoms with Crippen LogP contribution in [0.5, 0.6) is 0 Å². The molecule has 0 saturated carbocycles. The minimum Gasteiger partial charge on any atom is -0.343 e. The van der Waals surface area contributed by atoms with Crippen molar-refractivity contribution in [1.82, 2.24) is 31.1 Å². The Balaban J connectivity index is 1.79. The third kappa shape index (κ3) is 13.0. The van der Waals surface area contributed by atoms with Crippen molar-refractivity contribution in [1.29, 1.82) is 0 Å². The number of hydrogen-bond donors (Lipinski definition) is 6. The van der Waals surface area contributed by atoms with Gasteiger partial charge in [-0.15, -0.1) is 0 Å². The number of nitrogens with zero attached hydrogens (tertiary/aromatic N) is 2. The zero-order valence-electron chi connectivity index (χ0n) is 28.0. The maximum Gasteiger partial charge on any atom is 0.318 e. The van der Waals surface area contributed by atoms with Gasteiger partial charge in [0.25, 0.3) is 0 Å². The summed E-state index contributed by atoms with van der Waals surface area (Å²) in [6.45, 7) is 7.85. The molecule has 2 aromatic rings. The highest BCUT2D eigenvalue weighted by Crippen LogP contribution is 2.12. The quantitative estimate of drug-likeness (QED) is 0.132. The lowest BCUT2D eigenvalue weighted by atomic mass is 10.00. The van der Waals surface area contributed by atoms with E-state index in [2.05, 4.69) is 21.3 Å². The van der Waals surface area contributed by atoms with Crippen LogP contribution in [-0.4, -0.2) is 97.5 Å². The second kappa shape index (κ2) is 20.3. The Morgan fingerprint density at radius 1 is 0.787 bits per heavy atom. The molecule has 8 N–H and O–H groups in total. The first kappa shape index (κ1) is 37.5. The Bertz CT molecular complexity index is 1240. The molecule has 0 unspecified atom stereocenters. The van der Waals surface area contributed by atoms with E-state index in [0.29, 0.717) is 65.1 Å². The van der Waals surface area contributed by atoms with Gasteiger partial charge in [0.05, 0.1) is 0 Å². The molecule has 3 atom stereocenters. The van der Waals surface area contributed by atoms with Gasteiger partial charge in [-0.2, -0.15) is 0 Å². The van der Waals surface area contributed by atoms with Crippen molar-refractivity contribution in [2.24, 2.45) is 17.4 Å². The van der Waals surface area contributed by atoms with E-state index in [1.54, 1.807) is 9.80 Å². The number of hydrogen-bond acceptors (Lipinski definition) is 7. The molecule has 1 aliphatic rings.